The molecule has 0 bridgehead atoms. The third kappa shape index (κ3) is 12.7. The topological polar surface area (TPSA) is 173 Å². The highest BCUT2D eigenvalue weighted by Gasteiger charge is 2.42. The monoisotopic (exact) mass is 888 g/mol. The number of methoxy groups -OCH3 is 1. The molecule has 0 saturated carbocycles. The molecule has 0 saturated heterocycles. The fourth-order valence-electron chi connectivity index (χ4n) is 7.68. The molecule has 3 heterocycles. The highest BCUT2D eigenvalue weighted by molar-refractivity contribution is 6.05. The van der Waals surface area contributed by atoms with Crippen molar-refractivity contribution in [3.05, 3.63) is 106 Å². The van der Waals surface area contributed by atoms with E-state index in [0.717, 1.165) is 42.8 Å². The first-order valence-corrected chi connectivity index (χ1v) is 21.6. The van der Waals surface area contributed by atoms with Gasteiger partial charge in [-0.25, -0.2) is 14.0 Å². The third-order valence-electron chi connectivity index (χ3n) is 11.0. The first-order chi connectivity index (χ1) is 31.1. The number of benzene rings is 3. The summed E-state index contributed by atoms with van der Waals surface area (Å²) in [5.74, 6) is -2.12. The molecule has 1 N–H and O–H groups in total. The third-order valence-corrected chi connectivity index (χ3v) is 11.0. The second-order valence-corrected chi connectivity index (χ2v) is 15.3. The predicted molar refractivity (Wildman–Crippen MR) is 233 cm³/mol. The van der Waals surface area contributed by atoms with Gasteiger partial charge in [0.2, 0.25) is 12.4 Å². The lowest BCUT2D eigenvalue weighted by molar-refractivity contribution is -0.148. The van der Waals surface area contributed by atoms with Crippen LogP contribution in [-0.2, 0) is 54.0 Å². The van der Waals surface area contributed by atoms with Crippen LogP contribution in [0, 0.1) is 12.7 Å². The molecular formula is C47H57FN4O12. The van der Waals surface area contributed by atoms with Gasteiger partial charge in [0.1, 0.15) is 11.9 Å². The van der Waals surface area contributed by atoms with Crippen LogP contribution in [0.1, 0.15) is 70.9 Å². The normalized spacial score (nSPS) is 17.7. The van der Waals surface area contributed by atoms with Crippen molar-refractivity contribution in [1.29, 1.82) is 0 Å². The Morgan fingerprint density at radius 1 is 0.875 bits per heavy atom. The highest BCUT2D eigenvalue weighted by Crippen LogP contribution is 2.38. The van der Waals surface area contributed by atoms with E-state index in [4.69, 9.17) is 38.0 Å². The molecule has 3 aromatic rings. The number of hydrogen-bond acceptors (Lipinski definition) is 14. The number of halogens is 1. The maximum Gasteiger partial charge on any atom is 0.511 e. The van der Waals surface area contributed by atoms with Crippen LogP contribution in [0.3, 0.4) is 0 Å². The largest absolute Gasteiger partial charge is 0.511 e. The number of amides is 2. The van der Waals surface area contributed by atoms with Crippen LogP contribution in [-0.4, -0.2) is 138 Å². The van der Waals surface area contributed by atoms with Crippen LogP contribution >= 0.6 is 0 Å². The van der Waals surface area contributed by atoms with Crippen molar-refractivity contribution >= 4 is 40.9 Å². The van der Waals surface area contributed by atoms with Crippen LogP contribution in [0.2, 0.25) is 0 Å². The molecule has 3 aliphatic heterocycles. The summed E-state index contributed by atoms with van der Waals surface area (Å²) in [6, 6.07) is 15.7. The van der Waals surface area contributed by atoms with Gasteiger partial charge in [-0.3, -0.25) is 14.5 Å². The first-order valence-electron chi connectivity index (χ1n) is 21.6. The molecule has 344 valence electrons. The summed E-state index contributed by atoms with van der Waals surface area (Å²) < 4.78 is 51.6. The van der Waals surface area contributed by atoms with E-state index < -0.39 is 48.2 Å². The smallest absolute Gasteiger partial charge is 0.435 e. The van der Waals surface area contributed by atoms with E-state index in [2.05, 4.69) is 27.5 Å². The van der Waals surface area contributed by atoms with Crippen molar-refractivity contribution < 1.29 is 61.6 Å². The van der Waals surface area contributed by atoms with Gasteiger partial charge in [0.25, 0.3) is 11.8 Å². The van der Waals surface area contributed by atoms with Crippen molar-refractivity contribution in [3.8, 4) is 0 Å². The number of aryl methyl sites for hydroxylation is 1. The van der Waals surface area contributed by atoms with Gasteiger partial charge in [-0.05, 0) is 78.8 Å². The molecule has 6 rings (SSSR count). The lowest BCUT2D eigenvalue weighted by atomic mass is 9.84. The minimum atomic E-state index is -1.20. The summed E-state index contributed by atoms with van der Waals surface area (Å²) in [5, 5.41) is 7.04. The minimum absolute atomic E-state index is 0.0330. The molecule has 3 aliphatic rings. The second-order valence-electron chi connectivity index (χ2n) is 15.3. The summed E-state index contributed by atoms with van der Waals surface area (Å²) in [5.41, 5.74) is 5.38. The van der Waals surface area contributed by atoms with E-state index in [-0.39, 0.29) is 30.7 Å². The van der Waals surface area contributed by atoms with Crippen LogP contribution in [0.15, 0.2) is 71.9 Å². The zero-order chi connectivity index (χ0) is 45.4. The molecule has 0 aliphatic carbocycles. The molecule has 0 radical (unpaired) electrons. The molecule has 3 aromatic carbocycles. The Hall–Kier alpha value is -5.72. The summed E-state index contributed by atoms with van der Waals surface area (Å²) in [6.45, 7) is 11.0. The number of carbonyl (C=O) groups is 4. The summed E-state index contributed by atoms with van der Waals surface area (Å²) >= 11 is 0. The summed E-state index contributed by atoms with van der Waals surface area (Å²) in [7, 11) is 1.63. The number of nitrogens with one attached hydrogen (secondary N) is 1. The van der Waals surface area contributed by atoms with Crippen molar-refractivity contribution in [2.24, 2.45) is 5.16 Å². The molecule has 2 amide bonds. The Morgan fingerprint density at radius 2 is 1.58 bits per heavy atom. The quantitative estimate of drug-likeness (QED) is 0.0768. The van der Waals surface area contributed by atoms with Crippen LogP contribution < -0.4 is 5.32 Å². The molecule has 0 spiro atoms. The minimum Gasteiger partial charge on any atom is -0.435 e. The Balaban J connectivity index is 1.13. The van der Waals surface area contributed by atoms with Gasteiger partial charge in [0, 0.05) is 57.9 Å². The van der Waals surface area contributed by atoms with E-state index in [9.17, 15) is 19.2 Å². The lowest BCUT2D eigenvalue weighted by Crippen LogP contribution is -2.49. The maximum absolute atomic E-state index is 15.1. The first kappa shape index (κ1) is 47.8. The van der Waals surface area contributed by atoms with Gasteiger partial charge < -0.3 is 48.2 Å². The molecule has 0 fully saturated rings. The highest BCUT2D eigenvalue weighted by atomic mass is 19.1. The van der Waals surface area contributed by atoms with Gasteiger partial charge in [-0.2, -0.15) is 0 Å². The zero-order valence-corrected chi connectivity index (χ0v) is 36.8. The van der Waals surface area contributed by atoms with E-state index in [1.165, 1.54) is 36.1 Å². The van der Waals surface area contributed by atoms with Gasteiger partial charge in [0.15, 0.2) is 0 Å². The SMILES string of the molecule is CCOC(=O)OC(C)OC(=O)c1ccc(NC(=O)[C@@H]2c3cccc(C4=CCN(CCOCCOCCOCCOC)CC4)c3CCN2C(=O)[C@H]2CC(c3cccc(C)c3F)=NO2)cc1. The van der Waals surface area contributed by atoms with Crippen LogP contribution in [0.4, 0.5) is 14.9 Å². The zero-order valence-electron chi connectivity index (χ0n) is 36.8. The van der Waals surface area contributed by atoms with E-state index in [1.807, 2.05) is 12.1 Å². The van der Waals surface area contributed by atoms with Gasteiger partial charge in [-0.1, -0.05) is 47.6 Å². The van der Waals surface area contributed by atoms with E-state index >= 15 is 4.39 Å². The second kappa shape index (κ2) is 23.8. The summed E-state index contributed by atoms with van der Waals surface area (Å²) in [4.78, 5) is 62.7. The fraction of sp³-hybridized carbons (Fsp3) is 0.468. The number of hydrogen-bond donors (Lipinski definition) is 1. The molecule has 64 heavy (non-hydrogen) atoms. The number of esters is 1. The number of rotatable bonds is 21. The van der Waals surface area contributed by atoms with Gasteiger partial charge in [-0.15, -0.1) is 0 Å². The molecular weight excluding hydrogens is 832 g/mol. The average molecular weight is 889 g/mol. The van der Waals surface area contributed by atoms with Crippen molar-refractivity contribution in [2.45, 2.75) is 58.5 Å². The number of oxime groups is 1. The number of nitrogens with zero attached hydrogens (tertiary/aromatic N) is 3. The maximum atomic E-state index is 15.1. The van der Waals surface area contributed by atoms with Crippen molar-refractivity contribution in [3.63, 3.8) is 0 Å². The van der Waals surface area contributed by atoms with Crippen molar-refractivity contribution in [2.75, 3.05) is 91.5 Å². The molecule has 16 nitrogen and oxygen atoms in total. The number of fused-ring (bicyclic) bond motifs is 1. The standard InChI is InChI=1S/C47H57FN4O12/c1-5-61-47(56)63-32(3)62-46(55)34-12-14-35(15-13-34)49-44(53)43-38-10-7-9-36(33-16-19-51(20-17-33)22-23-58-26-27-60-29-28-59-25-24-57-4)37(38)18-21-52(43)45(54)41-30-40(50-64-41)39-11-6-8-31(2)42(39)48/h6-16,32,41,43H,5,17-30H2,1-4H3,(H,49,53)/t32?,41-,43+/m1/s1. The molecule has 17 heteroatoms. The van der Waals surface area contributed by atoms with E-state index in [1.54, 1.807) is 39.2 Å². The summed E-state index contributed by atoms with van der Waals surface area (Å²) in [6.07, 6.45) is 0.288. The lowest BCUT2D eigenvalue weighted by Gasteiger charge is -2.38. The Bertz CT molecular complexity index is 2150. The van der Waals surface area contributed by atoms with Gasteiger partial charge >= 0.3 is 12.1 Å². The molecule has 3 atom stereocenters. The van der Waals surface area contributed by atoms with Gasteiger partial charge in [0.05, 0.1) is 64.1 Å². The molecule has 0 aromatic heterocycles. The number of anilines is 1. The predicted octanol–water partition coefficient (Wildman–Crippen LogP) is 5.85. The Morgan fingerprint density at radius 3 is 2.28 bits per heavy atom. The fourth-order valence-corrected chi connectivity index (χ4v) is 7.68. The number of carbonyl (C=O) groups excluding carboxylic acids is 4. The molecule has 1 unspecified atom stereocenters. The Kier molecular flexibility index (Phi) is 17.8. The van der Waals surface area contributed by atoms with E-state index in [0.29, 0.717) is 75.2 Å². The van der Waals surface area contributed by atoms with Crippen LogP contribution in [0.5, 0.6) is 0 Å². The number of ether oxygens (including phenoxy) is 7. The Labute approximate surface area is 372 Å². The van der Waals surface area contributed by atoms with Crippen LogP contribution in [0.25, 0.3) is 5.57 Å². The average Bonchev–Trinajstić information content (AvgIpc) is 3.79. The van der Waals surface area contributed by atoms with Crippen molar-refractivity contribution in [1.82, 2.24) is 9.80 Å².